The van der Waals surface area contributed by atoms with Crippen LogP contribution in [0.2, 0.25) is 5.02 Å². The van der Waals surface area contributed by atoms with Gasteiger partial charge in [0.05, 0.1) is 25.6 Å². The summed E-state index contributed by atoms with van der Waals surface area (Å²) in [4.78, 5) is 17.6. The molecule has 0 fully saturated rings. The monoisotopic (exact) mass is 398 g/mol. The lowest BCUT2D eigenvalue weighted by Gasteiger charge is -2.36. The molecule has 1 amide bonds. The van der Waals surface area contributed by atoms with Gasteiger partial charge in [-0.05, 0) is 36.4 Å². The molecule has 0 radical (unpaired) electrons. The average Bonchev–Trinajstić information content (AvgIpc) is 2.73. The summed E-state index contributed by atoms with van der Waals surface area (Å²) in [5.74, 6) is 0.975. The number of rotatable bonds is 4. The molecular formula is C21H19ClN2O4. The number of amides is 1. The highest BCUT2D eigenvalue weighted by Crippen LogP contribution is 2.42. The van der Waals surface area contributed by atoms with E-state index in [9.17, 15) is 4.79 Å². The molecule has 1 N–H and O–H groups in total. The maximum Gasteiger partial charge on any atom is 0.261 e. The van der Waals surface area contributed by atoms with Gasteiger partial charge in [0.2, 0.25) is 0 Å². The van der Waals surface area contributed by atoms with Crippen molar-refractivity contribution in [2.24, 2.45) is 0 Å². The van der Waals surface area contributed by atoms with E-state index >= 15 is 0 Å². The van der Waals surface area contributed by atoms with Crippen LogP contribution >= 0.6 is 11.6 Å². The second kappa shape index (κ2) is 7.30. The normalized spacial score (nSPS) is 18.2. The number of nitrogens with one attached hydrogen (secondary N) is 1. The van der Waals surface area contributed by atoms with E-state index in [1.165, 1.54) is 7.11 Å². The molecule has 7 heteroatoms. The molecule has 144 valence electrons. The molecule has 0 bridgehead atoms. The summed E-state index contributed by atoms with van der Waals surface area (Å²) >= 11 is 6.17. The second-order valence-corrected chi connectivity index (χ2v) is 6.93. The Morgan fingerprint density at radius 2 is 2.07 bits per heavy atom. The third-order valence-electron chi connectivity index (χ3n) is 5.02. The fraction of sp³-hybridized carbons (Fsp3) is 0.238. The van der Waals surface area contributed by atoms with Crippen LogP contribution in [0.1, 0.15) is 12.0 Å². The molecule has 6 nitrogen and oxygen atoms in total. The van der Waals surface area contributed by atoms with E-state index in [-0.39, 0.29) is 5.91 Å². The number of nitrogens with zero attached hydrogens (tertiary/aromatic N) is 1. The number of ether oxygens (including phenoxy) is 3. The van der Waals surface area contributed by atoms with Crippen LogP contribution in [-0.4, -0.2) is 31.7 Å². The van der Waals surface area contributed by atoms with E-state index in [2.05, 4.69) is 10.3 Å². The number of fused-ring (bicyclic) bond motifs is 2. The molecule has 28 heavy (non-hydrogen) atoms. The molecule has 1 aliphatic heterocycles. The number of carbonyl (C=O) groups is 1. The second-order valence-electron chi connectivity index (χ2n) is 6.50. The molecule has 1 atom stereocenters. The van der Waals surface area contributed by atoms with Crippen LogP contribution in [0.4, 0.5) is 5.69 Å². The van der Waals surface area contributed by atoms with E-state index in [0.29, 0.717) is 40.8 Å². The van der Waals surface area contributed by atoms with Crippen molar-refractivity contribution >= 4 is 34.0 Å². The lowest BCUT2D eigenvalue weighted by atomic mass is 9.86. The van der Waals surface area contributed by atoms with E-state index in [1.807, 2.05) is 18.2 Å². The fourth-order valence-corrected chi connectivity index (χ4v) is 3.69. The third kappa shape index (κ3) is 3.04. The van der Waals surface area contributed by atoms with Crippen molar-refractivity contribution in [1.29, 1.82) is 0 Å². The van der Waals surface area contributed by atoms with Crippen molar-refractivity contribution in [3.63, 3.8) is 0 Å². The van der Waals surface area contributed by atoms with Crippen LogP contribution in [0.3, 0.4) is 0 Å². The zero-order chi connectivity index (χ0) is 19.7. The first-order valence-corrected chi connectivity index (χ1v) is 9.16. The zero-order valence-corrected chi connectivity index (χ0v) is 16.2. The number of benzene rings is 2. The molecule has 0 saturated carbocycles. The van der Waals surface area contributed by atoms with Gasteiger partial charge in [0.1, 0.15) is 11.5 Å². The molecule has 0 spiro atoms. The van der Waals surface area contributed by atoms with Crippen LogP contribution in [0.15, 0.2) is 48.8 Å². The minimum absolute atomic E-state index is 0.307. The van der Waals surface area contributed by atoms with Gasteiger partial charge in [0.15, 0.2) is 5.60 Å². The SMILES string of the molecule is COc1ccc2cncc(NC(=O)[C@@]3(OC)CCOc4ccc(Cl)cc43)c2c1. The summed E-state index contributed by atoms with van der Waals surface area (Å²) in [6.45, 7) is 0.359. The molecule has 0 unspecified atom stereocenters. The summed E-state index contributed by atoms with van der Waals surface area (Å²) < 4.78 is 16.8. The number of carbonyl (C=O) groups excluding carboxylic acids is 1. The van der Waals surface area contributed by atoms with Gasteiger partial charge >= 0.3 is 0 Å². The fourth-order valence-electron chi connectivity index (χ4n) is 3.52. The van der Waals surface area contributed by atoms with Gasteiger partial charge < -0.3 is 19.5 Å². The summed E-state index contributed by atoms with van der Waals surface area (Å²) in [5.41, 5.74) is -0.0237. The largest absolute Gasteiger partial charge is 0.497 e. The van der Waals surface area contributed by atoms with Gasteiger partial charge in [0, 0.05) is 41.1 Å². The number of hydrogen-bond acceptors (Lipinski definition) is 5. The Kier molecular flexibility index (Phi) is 4.83. The molecule has 2 heterocycles. The van der Waals surface area contributed by atoms with Crippen molar-refractivity contribution in [2.75, 3.05) is 26.1 Å². The molecule has 1 aromatic heterocycles. The van der Waals surface area contributed by atoms with Gasteiger partial charge in [-0.2, -0.15) is 0 Å². The lowest BCUT2D eigenvalue weighted by Crippen LogP contribution is -2.45. The maximum absolute atomic E-state index is 13.4. The van der Waals surface area contributed by atoms with Gasteiger partial charge in [-0.3, -0.25) is 9.78 Å². The first kappa shape index (κ1) is 18.5. The van der Waals surface area contributed by atoms with Gasteiger partial charge in [-0.25, -0.2) is 0 Å². The zero-order valence-electron chi connectivity index (χ0n) is 15.5. The first-order chi connectivity index (χ1) is 13.6. The number of methoxy groups -OCH3 is 2. The summed E-state index contributed by atoms with van der Waals surface area (Å²) in [5, 5.41) is 5.20. The molecule has 4 rings (SSSR count). The Morgan fingerprint density at radius 1 is 1.21 bits per heavy atom. The minimum atomic E-state index is -1.21. The van der Waals surface area contributed by atoms with Gasteiger partial charge in [-0.1, -0.05) is 11.6 Å². The standard InChI is InChI=1S/C21H19ClN2O4/c1-26-15-5-3-13-11-23-12-18(16(13)10-15)24-20(25)21(27-2)7-8-28-19-6-4-14(22)9-17(19)21/h3-6,9-12H,7-8H2,1-2H3,(H,24,25)/t21-/m1/s1. The maximum atomic E-state index is 13.4. The number of hydrogen-bond donors (Lipinski definition) is 1. The molecular weight excluding hydrogens is 380 g/mol. The molecule has 3 aromatic rings. The van der Waals surface area contributed by atoms with E-state index < -0.39 is 5.60 Å². The highest BCUT2D eigenvalue weighted by Gasteiger charge is 2.45. The Morgan fingerprint density at radius 3 is 2.86 bits per heavy atom. The minimum Gasteiger partial charge on any atom is -0.497 e. The van der Waals surface area contributed by atoms with Crippen LogP contribution < -0.4 is 14.8 Å². The molecule has 2 aromatic carbocycles. The summed E-state index contributed by atoms with van der Waals surface area (Å²) in [6.07, 6.45) is 3.71. The Bertz CT molecular complexity index is 1060. The van der Waals surface area contributed by atoms with Crippen molar-refractivity contribution in [3.8, 4) is 11.5 Å². The predicted molar refractivity (Wildman–Crippen MR) is 107 cm³/mol. The van der Waals surface area contributed by atoms with Gasteiger partial charge in [-0.15, -0.1) is 0 Å². The van der Waals surface area contributed by atoms with Crippen LogP contribution in [0.5, 0.6) is 11.5 Å². The quantitative estimate of drug-likeness (QED) is 0.714. The third-order valence-corrected chi connectivity index (χ3v) is 5.25. The number of aromatic nitrogens is 1. The van der Waals surface area contributed by atoms with Gasteiger partial charge in [0.25, 0.3) is 5.91 Å². The Labute approximate surface area is 167 Å². The molecule has 0 aliphatic carbocycles. The van der Waals surface area contributed by atoms with Crippen LogP contribution in [-0.2, 0) is 15.1 Å². The number of halogens is 1. The average molecular weight is 399 g/mol. The Balaban J connectivity index is 1.76. The number of pyridine rings is 1. The molecule has 0 saturated heterocycles. The topological polar surface area (TPSA) is 69.7 Å². The highest BCUT2D eigenvalue weighted by molar-refractivity contribution is 6.30. The smallest absolute Gasteiger partial charge is 0.261 e. The summed E-state index contributed by atoms with van der Waals surface area (Å²) in [7, 11) is 3.11. The van der Waals surface area contributed by atoms with Crippen molar-refractivity contribution in [1.82, 2.24) is 4.98 Å². The van der Waals surface area contributed by atoms with Crippen molar-refractivity contribution in [2.45, 2.75) is 12.0 Å². The number of anilines is 1. The van der Waals surface area contributed by atoms with Crippen molar-refractivity contribution < 1.29 is 19.0 Å². The van der Waals surface area contributed by atoms with Crippen LogP contribution in [0.25, 0.3) is 10.8 Å². The van der Waals surface area contributed by atoms with E-state index in [0.717, 1.165) is 10.8 Å². The van der Waals surface area contributed by atoms with Crippen molar-refractivity contribution in [3.05, 3.63) is 59.4 Å². The van der Waals surface area contributed by atoms with E-state index in [4.69, 9.17) is 25.8 Å². The molecule has 1 aliphatic rings. The predicted octanol–water partition coefficient (Wildman–Crippen LogP) is 4.16. The first-order valence-electron chi connectivity index (χ1n) is 8.78. The Hall–Kier alpha value is -2.83. The lowest BCUT2D eigenvalue weighted by molar-refractivity contribution is -0.142. The highest BCUT2D eigenvalue weighted by atomic mass is 35.5. The van der Waals surface area contributed by atoms with E-state index in [1.54, 1.807) is 37.7 Å². The summed E-state index contributed by atoms with van der Waals surface area (Å²) in [6, 6.07) is 10.8. The van der Waals surface area contributed by atoms with Crippen LogP contribution in [0, 0.1) is 0 Å².